The molecule has 3 N–H and O–H groups in total. The second-order valence-electron chi connectivity index (χ2n) is 4.95. The maximum atomic E-state index is 13.2. The summed E-state index contributed by atoms with van der Waals surface area (Å²) < 4.78 is 52.7. The number of hydrogen-bond donors (Lipinski definition) is 3. The Morgan fingerprint density at radius 1 is 1.04 bits per heavy atom. The Morgan fingerprint density at radius 3 is 2.38 bits per heavy atom. The van der Waals surface area contributed by atoms with Crippen molar-refractivity contribution < 1.29 is 22.0 Å². The van der Waals surface area contributed by atoms with Gasteiger partial charge in [0.05, 0.1) is 4.90 Å². The fraction of sp³-hybridized carbons (Fsp3) is 0. The summed E-state index contributed by atoms with van der Waals surface area (Å²) in [6.07, 6.45) is 0. The first-order valence-corrected chi connectivity index (χ1v) is 8.46. The van der Waals surface area contributed by atoms with Gasteiger partial charge in [-0.1, -0.05) is 5.10 Å². The summed E-state index contributed by atoms with van der Waals surface area (Å²) in [7, 11) is -4.12. The van der Waals surface area contributed by atoms with Gasteiger partial charge in [0.1, 0.15) is 0 Å². The largest absolute Gasteiger partial charge is 0.288 e. The molecule has 0 saturated carbocycles. The highest BCUT2D eigenvalue weighted by molar-refractivity contribution is 7.92. The van der Waals surface area contributed by atoms with E-state index in [1.165, 1.54) is 24.3 Å². The van der Waals surface area contributed by atoms with Gasteiger partial charge in [-0.15, -0.1) is 5.10 Å². The number of nitrogens with zero attached hydrogens (tertiary/aromatic N) is 3. The number of aromatic nitrogens is 4. The standard InChI is InChI=1S/C14H10F2N6O3S/c15-11-6-5-10(7-12(11)16)26(24,25)20-9-3-1-8(2-4-9)13(23)17-14-18-21-22-19-14/h1-7,20H,(H2,17,18,19,21,22,23). The molecule has 0 atom stereocenters. The minimum absolute atomic E-state index is 0.0156. The van der Waals surface area contributed by atoms with Gasteiger partial charge in [0.2, 0.25) is 0 Å². The SMILES string of the molecule is O=C(Nc1nn[nH]n1)c1ccc(NS(=O)(=O)c2ccc(F)c(F)c2)cc1. The summed E-state index contributed by atoms with van der Waals surface area (Å²) in [6.45, 7) is 0. The molecule has 0 aliphatic rings. The van der Waals surface area contributed by atoms with E-state index in [4.69, 9.17) is 0 Å². The molecule has 0 aliphatic carbocycles. The summed E-state index contributed by atoms with van der Waals surface area (Å²) in [5, 5.41) is 15.0. The number of hydrogen-bond acceptors (Lipinski definition) is 6. The number of aromatic amines is 1. The molecule has 0 saturated heterocycles. The summed E-state index contributed by atoms with van der Waals surface area (Å²) >= 11 is 0. The molecule has 9 nitrogen and oxygen atoms in total. The number of rotatable bonds is 5. The number of nitrogens with one attached hydrogen (secondary N) is 3. The van der Waals surface area contributed by atoms with Gasteiger partial charge in [0, 0.05) is 11.3 Å². The minimum Gasteiger partial charge on any atom is -0.288 e. The van der Waals surface area contributed by atoms with Gasteiger partial charge in [-0.2, -0.15) is 5.21 Å². The molecule has 12 heteroatoms. The Bertz CT molecular complexity index is 1040. The maximum Gasteiger partial charge on any atom is 0.270 e. The fourth-order valence-corrected chi connectivity index (χ4v) is 3.01. The van der Waals surface area contributed by atoms with Gasteiger partial charge in [-0.05, 0) is 47.7 Å². The maximum absolute atomic E-state index is 13.2. The number of tetrazole rings is 1. The highest BCUT2D eigenvalue weighted by Crippen LogP contribution is 2.19. The summed E-state index contributed by atoms with van der Waals surface area (Å²) in [4.78, 5) is 11.5. The number of anilines is 2. The molecule has 2 aromatic carbocycles. The van der Waals surface area contributed by atoms with Crippen LogP contribution in [-0.4, -0.2) is 34.9 Å². The molecular weight excluding hydrogens is 370 g/mol. The average molecular weight is 380 g/mol. The molecule has 0 bridgehead atoms. The van der Waals surface area contributed by atoms with Crippen molar-refractivity contribution in [2.75, 3.05) is 10.0 Å². The first-order valence-electron chi connectivity index (χ1n) is 6.98. The second-order valence-corrected chi connectivity index (χ2v) is 6.63. The summed E-state index contributed by atoms with van der Waals surface area (Å²) in [6, 6.07) is 7.62. The normalized spacial score (nSPS) is 11.2. The lowest BCUT2D eigenvalue weighted by molar-refractivity contribution is 0.102. The molecule has 1 amide bonds. The molecule has 3 aromatic rings. The predicted octanol–water partition coefficient (Wildman–Crippen LogP) is 1.53. The second kappa shape index (κ2) is 6.84. The molecule has 0 radical (unpaired) electrons. The van der Waals surface area contributed by atoms with Gasteiger partial charge < -0.3 is 0 Å². The number of carbonyl (C=O) groups is 1. The van der Waals surface area contributed by atoms with Crippen molar-refractivity contribution in [3.05, 3.63) is 59.7 Å². The lowest BCUT2D eigenvalue weighted by Crippen LogP contribution is -2.15. The molecule has 0 aliphatic heterocycles. The van der Waals surface area contributed by atoms with Crippen LogP contribution in [0.15, 0.2) is 47.4 Å². The molecule has 0 spiro atoms. The topological polar surface area (TPSA) is 130 Å². The van der Waals surface area contributed by atoms with E-state index in [0.29, 0.717) is 6.07 Å². The molecule has 3 rings (SSSR count). The van der Waals surface area contributed by atoms with E-state index in [1.54, 1.807) is 0 Å². The van der Waals surface area contributed by atoms with E-state index < -0.39 is 32.5 Å². The summed E-state index contributed by atoms with van der Waals surface area (Å²) in [5.74, 6) is -2.97. The Hall–Kier alpha value is -3.41. The van der Waals surface area contributed by atoms with E-state index >= 15 is 0 Å². The number of halogens is 2. The molecule has 1 aromatic heterocycles. The van der Waals surface area contributed by atoms with Crippen LogP contribution in [0.5, 0.6) is 0 Å². The van der Waals surface area contributed by atoms with Crippen molar-refractivity contribution in [2.24, 2.45) is 0 Å². The number of amides is 1. The van der Waals surface area contributed by atoms with E-state index in [-0.39, 0.29) is 17.2 Å². The van der Waals surface area contributed by atoms with Crippen molar-refractivity contribution in [1.82, 2.24) is 20.6 Å². The average Bonchev–Trinajstić information content (AvgIpc) is 3.10. The Labute approximate surface area is 145 Å². The van der Waals surface area contributed by atoms with Crippen molar-refractivity contribution in [1.29, 1.82) is 0 Å². The van der Waals surface area contributed by atoms with Crippen LogP contribution in [-0.2, 0) is 10.0 Å². The molecule has 0 fully saturated rings. The van der Waals surface area contributed by atoms with Crippen molar-refractivity contribution in [3.63, 3.8) is 0 Å². The van der Waals surface area contributed by atoms with Gasteiger partial charge in [0.15, 0.2) is 11.6 Å². The zero-order valence-corrected chi connectivity index (χ0v) is 13.6. The van der Waals surface area contributed by atoms with Crippen LogP contribution in [0.2, 0.25) is 0 Å². The van der Waals surface area contributed by atoms with Crippen LogP contribution in [0.25, 0.3) is 0 Å². The molecule has 0 unspecified atom stereocenters. The van der Waals surface area contributed by atoms with Crippen molar-refractivity contribution in [3.8, 4) is 0 Å². The third-order valence-corrected chi connectivity index (χ3v) is 4.55. The Morgan fingerprint density at radius 2 is 1.77 bits per heavy atom. The van der Waals surface area contributed by atoms with Gasteiger partial charge in [-0.25, -0.2) is 17.2 Å². The minimum atomic E-state index is -4.12. The van der Waals surface area contributed by atoms with Crippen LogP contribution in [0.3, 0.4) is 0 Å². The smallest absolute Gasteiger partial charge is 0.270 e. The monoisotopic (exact) mass is 380 g/mol. The van der Waals surface area contributed by atoms with Crippen molar-refractivity contribution >= 4 is 27.6 Å². The van der Waals surface area contributed by atoms with Crippen LogP contribution in [0.1, 0.15) is 10.4 Å². The number of sulfonamides is 1. The van der Waals surface area contributed by atoms with E-state index in [0.717, 1.165) is 12.1 Å². The Kier molecular flexibility index (Phi) is 4.58. The van der Waals surface area contributed by atoms with Gasteiger partial charge in [0.25, 0.3) is 21.9 Å². The predicted molar refractivity (Wildman–Crippen MR) is 85.7 cm³/mol. The third-order valence-electron chi connectivity index (χ3n) is 3.17. The first kappa shape index (κ1) is 17.4. The Balaban J connectivity index is 1.74. The van der Waals surface area contributed by atoms with Crippen LogP contribution in [0, 0.1) is 11.6 Å². The van der Waals surface area contributed by atoms with Crippen LogP contribution in [0.4, 0.5) is 20.4 Å². The van der Waals surface area contributed by atoms with Crippen molar-refractivity contribution in [2.45, 2.75) is 4.90 Å². The fourth-order valence-electron chi connectivity index (χ4n) is 1.94. The number of carbonyl (C=O) groups excluding carboxylic acids is 1. The van der Waals surface area contributed by atoms with E-state index in [1.807, 2.05) is 0 Å². The summed E-state index contributed by atoms with van der Waals surface area (Å²) in [5.41, 5.74) is 0.344. The van der Waals surface area contributed by atoms with Crippen LogP contribution >= 0.6 is 0 Å². The highest BCUT2D eigenvalue weighted by Gasteiger charge is 2.17. The van der Waals surface area contributed by atoms with Gasteiger partial charge >= 0.3 is 0 Å². The molecule has 134 valence electrons. The van der Waals surface area contributed by atoms with Crippen LogP contribution < -0.4 is 10.0 Å². The highest BCUT2D eigenvalue weighted by atomic mass is 32.2. The molecular formula is C14H10F2N6O3S. The van der Waals surface area contributed by atoms with E-state index in [2.05, 4.69) is 30.7 Å². The number of benzene rings is 2. The lowest BCUT2D eigenvalue weighted by atomic mass is 10.2. The first-order chi connectivity index (χ1) is 12.3. The van der Waals surface area contributed by atoms with Gasteiger partial charge in [-0.3, -0.25) is 14.8 Å². The zero-order chi connectivity index (χ0) is 18.7. The molecule has 26 heavy (non-hydrogen) atoms. The lowest BCUT2D eigenvalue weighted by Gasteiger charge is -2.09. The molecule has 1 heterocycles. The van der Waals surface area contributed by atoms with E-state index in [9.17, 15) is 22.0 Å². The number of H-pyrrole nitrogens is 1. The quantitative estimate of drug-likeness (QED) is 0.615. The third kappa shape index (κ3) is 3.80. The zero-order valence-electron chi connectivity index (χ0n) is 12.8.